The van der Waals surface area contributed by atoms with Crippen LogP contribution in [0.25, 0.3) is 5.57 Å². The first-order valence-electron chi connectivity index (χ1n) is 6.51. The lowest BCUT2D eigenvalue weighted by molar-refractivity contribution is 0.201. The van der Waals surface area contributed by atoms with Crippen LogP contribution in [0.15, 0.2) is 24.5 Å². The summed E-state index contributed by atoms with van der Waals surface area (Å²) in [6.07, 6.45) is 9.47. The first-order valence-corrected chi connectivity index (χ1v) is 6.51. The Balaban J connectivity index is 1.79. The van der Waals surface area contributed by atoms with Gasteiger partial charge in [0.25, 0.3) is 0 Å². The molecule has 2 bridgehead atoms. The van der Waals surface area contributed by atoms with E-state index >= 15 is 0 Å². The third kappa shape index (κ3) is 2.40. The molecular weight excluding hydrogens is 228 g/mol. The Bertz CT molecular complexity index is 459. The molecule has 96 valence electrons. The van der Waals surface area contributed by atoms with Gasteiger partial charge >= 0.3 is 0 Å². The minimum absolute atomic E-state index is 0.0288. The first-order chi connectivity index (χ1) is 8.85. The van der Waals surface area contributed by atoms with Crippen LogP contribution in [0, 0.1) is 0 Å². The molecule has 3 heterocycles. The lowest BCUT2D eigenvalue weighted by atomic mass is 9.97. The molecule has 1 aromatic rings. The maximum absolute atomic E-state index is 8.76. The molecular formula is C14H18N2O2. The van der Waals surface area contributed by atoms with Crippen LogP contribution >= 0.6 is 0 Å². The maximum atomic E-state index is 8.76. The predicted molar refractivity (Wildman–Crippen MR) is 69.4 cm³/mol. The number of nitrogens with one attached hydrogen (secondary N) is 1. The van der Waals surface area contributed by atoms with Crippen molar-refractivity contribution in [3.05, 3.63) is 30.1 Å². The van der Waals surface area contributed by atoms with Crippen molar-refractivity contribution >= 4 is 5.57 Å². The smallest absolute Gasteiger partial charge is 0.138 e. The molecule has 18 heavy (non-hydrogen) atoms. The lowest BCUT2D eigenvalue weighted by Crippen LogP contribution is -2.31. The molecule has 2 unspecified atom stereocenters. The summed E-state index contributed by atoms with van der Waals surface area (Å²) in [6.45, 7) is 0.345. The van der Waals surface area contributed by atoms with E-state index < -0.39 is 0 Å². The van der Waals surface area contributed by atoms with Gasteiger partial charge in [0.2, 0.25) is 0 Å². The van der Waals surface area contributed by atoms with Crippen molar-refractivity contribution in [3.63, 3.8) is 0 Å². The normalized spacial score (nSPS) is 25.9. The molecule has 2 N–H and O–H groups in total. The van der Waals surface area contributed by atoms with Gasteiger partial charge in [-0.05, 0) is 36.5 Å². The van der Waals surface area contributed by atoms with E-state index in [0.717, 1.165) is 17.7 Å². The molecule has 1 fully saturated rings. The molecule has 0 radical (unpaired) electrons. The highest BCUT2D eigenvalue weighted by Crippen LogP contribution is 2.32. The zero-order valence-corrected chi connectivity index (χ0v) is 10.3. The summed E-state index contributed by atoms with van der Waals surface area (Å²) in [4.78, 5) is 4.22. The molecule has 1 aromatic heterocycles. The Hall–Kier alpha value is -1.39. The van der Waals surface area contributed by atoms with Crippen LogP contribution in [0.4, 0.5) is 0 Å². The number of rotatable bonds is 4. The second kappa shape index (κ2) is 5.08. The van der Waals surface area contributed by atoms with E-state index in [9.17, 15) is 0 Å². The van der Waals surface area contributed by atoms with Crippen LogP contribution in [-0.2, 0) is 0 Å². The van der Waals surface area contributed by atoms with Crippen LogP contribution in [-0.4, -0.2) is 35.4 Å². The summed E-state index contributed by atoms with van der Waals surface area (Å²) in [5.74, 6) is 0.730. The molecule has 2 aliphatic heterocycles. The van der Waals surface area contributed by atoms with E-state index in [1.807, 2.05) is 12.3 Å². The van der Waals surface area contributed by atoms with E-state index in [1.165, 1.54) is 18.4 Å². The molecule has 4 heteroatoms. The van der Waals surface area contributed by atoms with Gasteiger partial charge in [-0.3, -0.25) is 4.98 Å². The van der Waals surface area contributed by atoms with Crippen molar-refractivity contribution in [1.82, 2.24) is 10.3 Å². The summed E-state index contributed by atoms with van der Waals surface area (Å²) in [5, 5.41) is 12.3. The Kier molecular flexibility index (Phi) is 3.30. The van der Waals surface area contributed by atoms with Crippen LogP contribution < -0.4 is 10.1 Å². The minimum Gasteiger partial charge on any atom is -0.490 e. The number of nitrogens with zero attached hydrogens (tertiary/aromatic N) is 1. The van der Waals surface area contributed by atoms with Gasteiger partial charge in [0.05, 0.1) is 12.8 Å². The SMILES string of the molecule is OCCOc1cncc(C2=CC3CCC(C2)N3)c1. The van der Waals surface area contributed by atoms with Crippen molar-refractivity contribution in [1.29, 1.82) is 0 Å². The average molecular weight is 246 g/mol. The fourth-order valence-electron chi connectivity index (χ4n) is 2.77. The zero-order chi connectivity index (χ0) is 12.4. The van der Waals surface area contributed by atoms with E-state index in [-0.39, 0.29) is 6.61 Å². The molecule has 0 spiro atoms. The van der Waals surface area contributed by atoms with Gasteiger partial charge < -0.3 is 15.2 Å². The highest BCUT2D eigenvalue weighted by molar-refractivity contribution is 5.68. The van der Waals surface area contributed by atoms with Crippen LogP contribution in [0.3, 0.4) is 0 Å². The quantitative estimate of drug-likeness (QED) is 0.842. The van der Waals surface area contributed by atoms with Gasteiger partial charge in [-0.15, -0.1) is 0 Å². The van der Waals surface area contributed by atoms with Gasteiger partial charge in [0.1, 0.15) is 12.4 Å². The molecule has 1 saturated heterocycles. The topological polar surface area (TPSA) is 54.4 Å². The number of ether oxygens (including phenoxy) is 1. The van der Waals surface area contributed by atoms with Crippen LogP contribution in [0.1, 0.15) is 24.8 Å². The third-order valence-corrected chi connectivity index (χ3v) is 3.59. The molecule has 0 amide bonds. The third-order valence-electron chi connectivity index (χ3n) is 3.59. The van der Waals surface area contributed by atoms with Crippen LogP contribution in [0.2, 0.25) is 0 Å². The lowest BCUT2D eigenvalue weighted by Gasteiger charge is -2.21. The molecule has 4 nitrogen and oxygen atoms in total. The Morgan fingerprint density at radius 1 is 1.39 bits per heavy atom. The minimum atomic E-state index is 0.0288. The highest BCUT2D eigenvalue weighted by Gasteiger charge is 2.28. The number of aromatic nitrogens is 1. The predicted octanol–water partition coefficient (Wildman–Crippen LogP) is 1.36. The molecule has 2 aliphatic rings. The number of aliphatic hydroxyl groups is 1. The maximum Gasteiger partial charge on any atom is 0.138 e. The van der Waals surface area contributed by atoms with Crippen molar-refractivity contribution in [2.24, 2.45) is 0 Å². The number of hydrogen-bond donors (Lipinski definition) is 2. The largest absolute Gasteiger partial charge is 0.490 e. The number of fused-ring (bicyclic) bond motifs is 2. The molecule has 2 atom stereocenters. The van der Waals surface area contributed by atoms with Gasteiger partial charge in [-0.25, -0.2) is 0 Å². The number of aliphatic hydroxyl groups excluding tert-OH is 1. The zero-order valence-electron chi connectivity index (χ0n) is 10.3. The summed E-state index contributed by atoms with van der Waals surface area (Å²) in [6, 6.07) is 3.16. The number of hydrogen-bond acceptors (Lipinski definition) is 4. The van der Waals surface area contributed by atoms with Crippen molar-refractivity contribution < 1.29 is 9.84 Å². The molecule has 0 saturated carbocycles. The molecule has 0 aromatic carbocycles. The summed E-state index contributed by atoms with van der Waals surface area (Å²) in [7, 11) is 0. The fourth-order valence-corrected chi connectivity index (χ4v) is 2.77. The second-order valence-corrected chi connectivity index (χ2v) is 4.92. The standard InChI is InChI=1S/C14H18N2O2/c17-3-4-18-14-7-11(8-15-9-14)10-5-12-1-2-13(6-10)16-12/h5,7-9,12-13,16-17H,1-4,6H2. The summed E-state index contributed by atoms with van der Waals surface area (Å²) >= 11 is 0. The van der Waals surface area contributed by atoms with Gasteiger partial charge in [-0.2, -0.15) is 0 Å². The fraction of sp³-hybridized carbons (Fsp3) is 0.500. The van der Waals surface area contributed by atoms with Gasteiger partial charge in [-0.1, -0.05) is 6.08 Å². The molecule has 3 rings (SSSR count). The van der Waals surface area contributed by atoms with E-state index in [0.29, 0.717) is 18.7 Å². The van der Waals surface area contributed by atoms with E-state index in [2.05, 4.69) is 16.4 Å². The Morgan fingerprint density at radius 2 is 2.33 bits per heavy atom. The first kappa shape index (κ1) is 11.7. The number of pyridine rings is 1. The monoisotopic (exact) mass is 246 g/mol. The summed E-state index contributed by atoms with van der Waals surface area (Å²) in [5.41, 5.74) is 2.51. The van der Waals surface area contributed by atoms with Gasteiger partial charge in [0, 0.05) is 18.3 Å². The van der Waals surface area contributed by atoms with Crippen molar-refractivity contribution in [3.8, 4) is 5.75 Å². The Morgan fingerprint density at radius 3 is 3.17 bits per heavy atom. The van der Waals surface area contributed by atoms with Crippen molar-refractivity contribution in [2.75, 3.05) is 13.2 Å². The second-order valence-electron chi connectivity index (χ2n) is 4.92. The van der Waals surface area contributed by atoms with E-state index in [1.54, 1.807) is 6.20 Å². The van der Waals surface area contributed by atoms with Gasteiger partial charge in [0.15, 0.2) is 0 Å². The van der Waals surface area contributed by atoms with E-state index in [4.69, 9.17) is 9.84 Å². The Labute approximate surface area is 107 Å². The average Bonchev–Trinajstić information content (AvgIpc) is 2.75. The summed E-state index contributed by atoms with van der Waals surface area (Å²) < 4.78 is 5.40. The highest BCUT2D eigenvalue weighted by atomic mass is 16.5. The van der Waals surface area contributed by atoms with Crippen molar-refractivity contribution in [2.45, 2.75) is 31.3 Å². The van der Waals surface area contributed by atoms with Crippen LogP contribution in [0.5, 0.6) is 5.75 Å². The molecule has 0 aliphatic carbocycles.